The lowest BCUT2D eigenvalue weighted by Crippen LogP contribution is -2.39. The van der Waals surface area contributed by atoms with E-state index in [1.807, 2.05) is 0 Å². The molecule has 0 bridgehead atoms. The SMILES string of the molecule is CCC1=CC(CC)=C(N2CCN=C2C2=CC=CCC2)C2C3=C(OC12)C(C(CC)CC)=CCC3. The first-order chi connectivity index (χ1) is 16.2. The van der Waals surface area contributed by atoms with Gasteiger partial charge in [-0.1, -0.05) is 58.1 Å². The van der Waals surface area contributed by atoms with Gasteiger partial charge in [0.15, 0.2) is 0 Å². The maximum Gasteiger partial charge on any atom is 0.132 e. The molecule has 0 aromatic heterocycles. The smallest absolute Gasteiger partial charge is 0.132 e. The van der Waals surface area contributed by atoms with Crippen LogP contribution in [0.15, 0.2) is 74.7 Å². The molecule has 3 heteroatoms. The molecule has 0 spiro atoms. The Balaban J connectivity index is 1.61. The summed E-state index contributed by atoms with van der Waals surface area (Å²) in [6.45, 7) is 11.1. The minimum absolute atomic E-state index is 0.156. The van der Waals surface area contributed by atoms with Crippen molar-refractivity contribution in [3.63, 3.8) is 0 Å². The van der Waals surface area contributed by atoms with Gasteiger partial charge in [0.1, 0.15) is 17.7 Å². The summed E-state index contributed by atoms with van der Waals surface area (Å²) in [5.74, 6) is 3.41. The maximum atomic E-state index is 6.95. The molecule has 0 amide bonds. The number of aliphatic imine (C=N–C) groups is 1. The second kappa shape index (κ2) is 9.52. The summed E-state index contributed by atoms with van der Waals surface area (Å²) >= 11 is 0. The summed E-state index contributed by atoms with van der Waals surface area (Å²) < 4.78 is 6.95. The van der Waals surface area contributed by atoms with Gasteiger partial charge in [0.25, 0.3) is 0 Å². The van der Waals surface area contributed by atoms with E-state index < -0.39 is 0 Å². The fraction of sp³-hybridized carbons (Fsp3) is 0.567. The molecule has 176 valence electrons. The third kappa shape index (κ3) is 3.78. The minimum atomic E-state index is 0.156. The predicted octanol–water partition coefficient (Wildman–Crippen LogP) is 7.42. The monoisotopic (exact) mass is 444 g/mol. The van der Waals surface area contributed by atoms with E-state index in [2.05, 4.69) is 63.0 Å². The molecule has 0 N–H and O–H groups in total. The third-order valence-corrected chi connectivity index (χ3v) is 8.25. The molecule has 5 rings (SSSR count). The summed E-state index contributed by atoms with van der Waals surface area (Å²) in [7, 11) is 0. The Morgan fingerprint density at radius 1 is 1.09 bits per heavy atom. The number of amidine groups is 1. The molecule has 0 aromatic carbocycles. The minimum Gasteiger partial charge on any atom is -0.485 e. The van der Waals surface area contributed by atoms with E-state index in [-0.39, 0.29) is 6.10 Å². The number of allylic oxidation sites excluding steroid dienone is 7. The van der Waals surface area contributed by atoms with Crippen LogP contribution in [0.5, 0.6) is 0 Å². The van der Waals surface area contributed by atoms with Crippen molar-refractivity contribution in [2.75, 3.05) is 13.1 Å². The van der Waals surface area contributed by atoms with E-state index in [4.69, 9.17) is 9.73 Å². The van der Waals surface area contributed by atoms with Gasteiger partial charge >= 0.3 is 0 Å². The zero-order valence-electron chi connectivity index (χ0n) is 21.0. The second-order valence-corrected chi connectivity index (χ2v) is 9.93. The Kier molecular flexibility index (Phi) is 6.49. The van der Waals surface area contributed by atoms with E-state index in [1.54, 1.807) is 5.57 Å². The zero-order valence-corrected chi connectivity index (χ0v) is 21.0. The number of rotatable bonds is 7. The molecule has 2 atom stereocenters. The highest BCUT2D eigenvalue weighted by atomic mass is 16.5. The van der Waals surface area contributed by atoms with Crippen LogP contribution >= 0.6 is 0 Å². The number of fused-ring (bicyclic) bond motifs is 2. The van der Waals surface area contributed by atoms with Gasteiger partial charge in [-0.3, -0.25) is 4.99 Å². The zero-order chi connectivity index (χ0) is 22.9. The second-order valence-electron chi connectivity index (χ2n) is 9.93. The summed E-state index contributed by atoms with van der Waals surface area (Å²) in [4.78, 5) is 7.61. The number of hydrogen-bond donors (Lipinski definition) is 0. The van der Waals surface area contributed by atoms with Gasteiger partial charge in [-0.2, -0.15) is 0 Å². The van der Waals surface area contributed by atoms with Crippen LogP contribution in [0, 0.1) is 11.8 Å². The molecular formula is C30H40N2O. The van der Waals surface area contributed by atoms with Gasteiger partial charge in [0.2, 0.25) is 0 Å². The van der Waals surface area contributed by atoms with E-state index in [0.717, 1.165) is 51.6 Å². The van der Waals surface area contributed by atoms with Crippen LogP contribution in [0.4, 0.5) is 0 Å². The highest BCUT2D eigenvalue weighted by Gasteiger charge is 2.47. The Labute approximate surface area is 200 Å². The fourth-order valence-corrected chi connectivity index (χ4v) is 6.52. The van der Waals surface area contributed by atoms with E-state index in [1.165, 1.54) is 52.4 Å². The fourth-order valence-electron chi connectivity index (χ4n) is 6.52. The Morgan fingerprint density at radius 3 is 2.64 bits per heavy atom. The highest BCUT2D eigenvalue weighted by Crippen LogP contribution is 2.52. The molecule has 0 radical (unpaired) electrons. The standard InChI is InChI=1S/C30H40N2O/c1-5-20(6-2)24-15-12-16-25-26-27(21(7-3)19-22(8-4)28(26)33-29(24)25)32-18-17-31-30(32)23-13-10-9-11-14-23/h9-10,13,15,19-20,26,28H,5-8,11-12,14,16-18H2,1-4H3. The van der Waals surface area contributed by atoms with Crippen molar-refractivity contribution in [1.82, 2.24) is 4.90 Å². The van der Waals surface area contributed by atoms with Crippen molar-refractivity contribution in [2.24, 2.45) is 16.8 Å². The topological polar surface area (TPSA) is 24.8 Å². The molecule has 0 fully saturated rings. The summed E-state index contributed by atoms with van der Waals surface area (Å²) in [6.07, 6.45) is 20.8. The Morgan fingerprint density at radius 2 is 1.94 bits per heavy atom. The molecule has 5 aliphatic rings. The van der Waals surface area contributed by atoms with Crippen LogP contribution in [0.1, 0.15) is 79.1 Å². The average Bonchev–Trinajstić information content (AvgIpc) is 3.50. The predicted molar refractivity (Wildman–Crippen MR) is 138 cm³/mol. The Bertz CT molecular complexity index is 1010. The molecule has 2 heterocycles. The Hall–Kier alpha value is -2.29. The van der Waals surface area contributed by atoms with Crippen LogP contribution in [-0.2, 0) is 4.74 Å². The molecule has 33 heavy (non-hydrogen) atoms. The van der Waals surface area contributed by atoms with Crippen LogP contribution in [-0.4, -0.2) is 29.9 Å². The lowest BCUT2D eigenvalue weighted by atomic mass is 9.75. The molecule has 2 aliphatic heterocycles. The number of nitrogens with zero attached hydrogens (tertiary/aromatic N) is 2. The summed E-state index contributed by atoms with van der Waals surface area (Å²) in [5.41, 5.74) is 8.89. The average molecular weight is 445 g/mol. The van der Waals surface area contributed by atoms with E-state index in [9.17, 15) is 0 Å². The van der Waals surface area contributed by atoms with Crippen molar-refractivity contribution in [3.8, 4) is 0 Å². The molecule has 2 unspecified atom stereocenters. The lowest BCUT2D eigenvalue weighted by Gasteiger charge is -2.37. The first-order valence-corrected chi connectivity index (χ1v) is 13.4. The van der Waals surface area contributed by atoms with Gasteiger partial charge in [-0.15, -0.1) is 0 Å². The van der Waals surface area contributed by atoms with E-state index >= 15 is 0 Å². The van der Waals surface area contributed by atoms with Crippen molar-refractivity contribution in [2.45, 2.75) is 85.2 Å². The van der Waals surface area contributed by atoms with Crippen LogP contribution in [0.3, 0.4) is 0 Å². The summed E-state index contributed by atoms with van der Waals surface area (Å²) in [6, 6.07) is 0. The molecule has 3 nitrogen and oxygen atoms in total. The van der Waals surface area contributed by atoms with Crippen molar-refractivity contribution < 1.29 is 4.74 Å². The quantitative estimate of drug-likeness (QED) is 0.408. The normalized spacial score (nSPS) is 26.8. The van der Waals surface area contributed by atoms with E-state index in [0.29, 0.717) is 11.8 Å². The molecule has 0 saturated heterocycles. The molecule has 3 aliphatic carbocycles. The first-order valence-electron chi connectivity index (χ1n) is 13.4. The van der Waals surface area contributed by atoms with Gasteiger partial charge in [-0.25, -0.2) is 0 Å². The molecule has 0 aromatic rings. The number of ether oxygens (including phenoxy) is 1. The van der Waals surface area contributed by atoms with Crippen LogP contribution < -0.4 is 0 Å². The van der Waals surface area contributed by atoms with Crippen LogP contribution in [0.2, 0.25) is 0 Å². The van der Waals surface area contributed by atoms with Crippen LogP contribution in [0.25, 0.3) is 0 Å². The summed E-state index contributed by atoms with van der Waals surface area (Å²) in [5, 5.41) is 0. The largest absolute Gasteiger partial charge is 0.485 e. The third-order valence-electron chi connectivity index (χ3n) is 8.25. The van der Waals surface area contributed by atoms with Crippen molar-refractivity contribution in [1.29, 1.82) is 0 Å². The molecule has 0 saturated carbocycles. The van der Waals surface area contributed by atoms with Gasteiger partial charge in [-0.05, 0) is 85.2 Å². The highest BCUT2D eigenvalue weighted by molar-refractivity contribution is 6.01. The van der Waals surface area contributed by atoms with Gasteiger partial charge in [0, 0.05) is 12.2 Å². The maximum absolute atomic E-state index is 6.95. The first kappa shape index (κ1) is 22.5. The van der Waals surface area contributed by atoms with Crippen molar-refractivity contribution in [3.05, 3.63) is 69.7 Å². The van der Waals surface area contributed by atoms with Gasteiger partial charge in [0.05, 0.1) is 12.5 Å². The lowest BCUT2D eigenvalue weighted by molar-refractivity contribution is 0.142. The van der Waals surface area contributed by atoms with Gasteiger partial charge < -0.3 is 9.64 Å². The van der Waals surface area contributed by atoms with Crippen molar-refractivity contribution >= 4 is 5.84 Å². The molecular weight excluding hydrogens is 404 g/mol. The number of hydrogen-bond acceptors (Lipinski definition) is 3.